The van der Waals surface area contributed by atoms with E-state index in [1.165, 1.54) is 6.92 Å². The van der Waals surface area contributed by atoms with Crippen LogP contribution in [0.25, 0.3) is 16.8 Å². The molecule has 6 nitrogen and oxygen atoms in total. The molecule has 0 aliphatic rings. The van der Waals surface area contributed by atoms with Crippen LogP contribution in [0.15, 0.2) is 54.6 Å². The van der Waals surface area contributed by atoms with Gasteiger partial charge in [0.15, 0.2) is 0 Å². The fourth-order valence-corrected chi connectivity index (χ4v) is 3.04. The fraction of sp³-hybridized carbons (Fsp3) is 0.227. The van der Waals surface area contributed by atoms with Crippen LogP contribution in [0.4, 0.5) is 5.82 Å². The average molecular weight is 376 g/mol. The Hall–Kier alpha value is -3.41. The molecule has 0 aliphatic heterocycles. The topological polar surface area (TPSA) is 76.0 Å². The van der Waals surface area contributed by atoms with Crippen LogP contribution in [-0.2, 0) is 4.79 Å². The molecule has 0 aliphatic carbocycles. The van der Waals surface area contributed by atoms with Crippen LogP contribution in [0.2, 0.25) is 0 Å². The smallest absolute Gasteiger partial charge is 0.251 e. The molecule has 6 heteroatoms. The minimum absolute atomic E-state index is 0.0999. The lowest BCUT2D eigenvalue weighted by Crippen LogP contribution is -2.23. The molecule has 0 fully saturated rings. The summed E-state index contributed by atoms with van der Waals surface area (Å²) in [5.41, 5.74) is 4.01. The van der Waals surface area contributed by atoms with Crippen molar-refractivity contribution in [3.05, 3.63) is 65.9 Å². The highest BCUT2D eigenvalue weighted by molar-refractivity contribution is 5.95. The molecular formula is C22H24N4O2. The van der Waals surface area contributed by atoms with Crippen LogP contribution in [0.3, 0.4) is 0 Å². The summed E-state index contributed by atoms with van der Waals surface area (Å²) < 4.78 is 1.70. The summed E-state index contributed by atoms with van der Waals surface area (Å²) >= 11 is 0. The molecule has 28 heavy (non-hydrogen) atoms. The zero-order valence-electron chi connectivity index (χ0n) is 16.3. The summed E-state index contributed by atoms with van der Waals surface area (Å²) in [5, 5.41) is 10.4. The van der Waals surface area contributed by atoms with Crippen molar-refractivity contribution in [2.45, 2.75) is 27.2 Å². The average Bonchev–Trinajstić information content (AvgIpc) is 3.02. The number of hydrogen-bond donors (Lipinski definition) is 2. The second kappa shape index (κ2) is 8.52. The molecule has 144 valence electrons. The second-order valence-corrected chi connectivity index (χ2v) is 6.57. The van der Waals surface area contributed by atoms with Crippen LogP contribution in [-0.4, -0.2) is 28.1 Å². The van der Waals surface area contributed by atoms with Crippen LogP contribution < -0.4 is 10.6 Å². The Kier molecular flexibility index (Phi) is 5.89. The molecular weight excluding hydrogens is 352 g/mol. The highest BCUT2D eigenvalue weighted by Crippen LogP contribution is 2.33. The molecule has 0 spiro atoms. The molecule has 0 bridgehead atoms. The Balaban J connectivity index is 2.02. The van der Waals surface area contributed by atoms with Crippen molar-refractivity contribution in [2.75, 3.05) is 11.9 Å². The van der Waals surface area contributed by atoms with Crippen molar-refractivity contribution in [1.82, 2.24) is 15.1 Å². The standard InChI is InChI=1S/C22H24N4O2/c1-4-14-23-22(28)18-10-12-19(13-11-18)26-21(24-16(3)27)20(15(2)25-26)17-8-6-5-7-9-17/h5-13H,4,14H2,1-3H3,(H,23,28)(H,24,27). The SMILES string of the molecule is CCCNC(=O)c1ccc(-n2nc(C)c(-c3ccccc3)c2NC(C)=O)cc1. The number of benzene rings is 2. The van der Waals surface area contributed by atoms with Crippen LogP contribution in [0, 0.1) is 6.92 Å². The van der Waals surface area contributed by atoms with E-state index in [1.807, 2.05) is 56.3 Å². The number of carbonyl (C=O) groups is 2. The Bertz CT molecular complexity index is 976. The third-order valence-electron chi connectivity index (χ3n) is 4.33. The van der Waals surface area contributed by atoms with E-state index in [2.05, 4.69) is 15.7 Å². The number of anilines is 1. The summed E-state index contributed by atoms with van der Waals surface area (Å²) in [6, 6.07) is 17.0. The van der Waals surface area contributed by atoms with E-state index < -0.39 is 0 Å². The molecule has 0 saturated carbocycles. The van der Waals surface area contributed by atoms with Crippen LogP contribution >= 0.6 is 0 Å². The molecule has 1 heterocycles. The first-order valence-corrected chi connectivity index (χ1v) is 9.32. The van der Waals surface area contributed by atoms with Gasteiger partial charge >= 0.3 is 0 Å². The van der Waals surface area contributed by atoms with Crippen molar-refractivity contribution in [3.8, 4) is 16.8 Å². The maximum absolute atomic E-state index is 12.1. The number of nitrogens with zero attached hydrogens (tertiary/aromatic N) is 2. The van der Waals surface area contributed by atoms with Crippen molar-refractivity contribution >= 4 is 17.6 Å². The van der Waals surface area contributed by atoms with E-state index in [0.717, 1.165) is 28.9 Å². The molecule has 0 atom stereocenters. The first-order valence-electron chi connectivity index (χ1n) is 9.32. The highest BCUT2D eigenvalue weighted by atomic mass is 16.2. The summed E-state index contributed by atoms with van der Waals surface area (Å²) in [6.07, 6.45) is 0.888. The van der Waals surface area contributed by atoms with Gasteiger partial charge < -0.3 is 10.6 Å². The van der Waals surface area contributed by atoms with Crippen LogP contribution in [0.1, 0.15) is 36.3 Å². The lowest BCUT2D eigenvalue weighted by atomic mass is 10.1. The fourth-order valence-electron chi connectivity index (χ4n) is 3.04. The number of carbonyl (C=O) groups excluding carboxylic acids is 2. The number of rotatable bonds is 6. The summed E-state index contributed by atoms with van der Waals surface area (Å²) in [4.78, 5) is 23.9. The van der Waals surface area contributed by atoms with Crippen molar-refractivity contribution in [3.63, 3.8) is 0 Å². The molecule has 1 aromatic heterocycles. The number of nitrogens with one attached hydrogen (secondary N) is 2. The molecule has 0 radical (unpaired) electrons. The van der Waals surface area contributed by atoms with Gasteiger partial charge in [0.05, 0.1) is 11.4 Å². The Morgan fingerprint density at radius 2 is 1.71 bits per heavy atom. The predicted octanol–water partition coefficient (Wildman–Crippen LogP) is 3.95. The van der Waals surface area contributed by atoms with Gasteiger partial charge in [0.25, 0.3) is 5.91 Å². The van der Waals surface area contributed by atoms with Gasteiger partial charge in [-0.3, -0.25) is 9.59 Å². The zero-order valence-corrected chi connectivity index (χ0v) is 16.3. The van der Waals surface area contributed by atoms with E-state index in [-0.39, 0.29) is 11.8 Å². The van der Waals surface area contributed by atoms with Gasteiger partial charge in [-0.15, -0.1) is 0 Å². The largest absolute Gasteiger partial charge is 0.352 e. The first-order chi connectivity index (χ1) is 13.5. The summed E-state index contributed by atoms with van der Waals surface area (Å²) in [7, 11) is 0. The highest BCUT2D eigenvalue weighted by Gasteiger charge is 2.19. The van der Waals surface area contributed by atoms with Gasteiger partial charge in [-0.1, -0.05) is 37.3 Å². The quantitative estimate of drug-likeness (QED) is 0.684. The van der Waals surface area contributed by atoms with E-state index in [4.69, 9.17) is 0 Å². The normalized spacial score (nSPS) is 10.5. The van der Waals surface area contributed by atoms with E-state index in [0.29, 0.717) is 17.9 Å². The van der Waals surface area contributed by atoms with Crippen molar-refractivity contribution in [1.29, 1.82) is 0 Å². The number of aromatic nitrogens is 2. The molecule has 2 N–H and O–H groups in total. The monoisotopic (exact) mass is 376 g/mol. The Morgan fingerprint density at radius 1 is 1.04 bits per heavy atom. The zero-order chi connectivity index (χ0) is 20.1. The minimum Gasteiger partial charge on any atom is -0.352 e. The van der Waals surface area contributed by atoms with Gasteiger partial charge in [-0.2, -0.15) is 5.10 Å². The number of hydrogen-bond acceptors (Lipinski definition) is 3. The van der Waals surface area contributed by atoms with Gasteiger partial charge in [0.2, 0.25) is 5.91 Å². The minimum atomic E-state index is -0.172. The molecule has 3 rings (SSSR count). The molecule has 2 amide bonds. The van der Waals surface area contributed by atoms with Crippen LogP contribution in [0.5, 0.6) is 0 Å². The number of amides is 2. The third kappa shape index (κ3) is 4.11. The lowest BCUT2D eigenvalue weighted by Gasteiger charge is -2.11. The maximum Gasteiger partial charge on any atom is 0.251 e. The van der Waals surface area contributed by atoms with Crippen molar-refractivity contribution < 1.29 is 9.59 Å². The van der Waals surface area contributed by atoms with E-state index in [9.17, 15) is 9.59 Å². The lowest BCUT2D eigenvalue weighted by molar-refractivity contribution is -0.114. The second-order valence-electron chi connectivity index (χ2n) is 6.57. The maximum atomic E-state index is 12.1. The van der Waals surface area contributed by atoms with Crippen molar-refractivity contribution in [2.24, 2.45) is 0 Å². The first kappa shape index (κ1) is 19.4. The Morgan fingerprint density at radius 3 is 2.32 bits per heavy atom. The van der Waals surface area contributed by atoms with Gasteiger partial charge in [-0.05, 0) is 43.2 Å². The summed E-state index contributed by atoms with van der Waals surface area (Å²) in [6.45, 7) is 6.04. The number of aryl methyl sites for hydroxylation is 1. The molecule has 0 saturated heterocycles. The van der Waals surface area contributed by atoms with Gasteiger partial charge in [-0.25, -0.2) is 4.68 Å². The molecule has 2 aromatic carbocycles. The van der Waals surface area contributed by atoms with Gasteiger partial charge in [0, 0.05) is 24.6 Å². The summed E-state index contributed by atoms with van der Waals surface area (Å²) in [5.74, 6) is 0.338. The third-order valence-corrected chi connectivity index (χ3v) is 4.33. The Labute approximate surface area is 164 Å². The molecule has 0 unspecified atom stereocenters. The van der Waals surface area contributed by atoms with E-state index >= 15 is 0 Å². The van der Waals surface area contributed by atoms with Gasteiger partial charge in [0.1, 0.15) is 5.82 Å². The van der Waals surface area contributed by atoms with E-state index in [1.54, 1.807) is 16.8 Å². The molecule has 3 aromatic rings. The predicted molar refractivity (Wildman–Crippen MR) is 111 cm³/mol.